The monoisotopic (exact) mass is 285 g/mol. The van der Waals surface area contributed by atoms with Gasteiger partial charge in [-0.15, -0.1) is 0 Å². The van der Waals surface area contributed by atoms with E-state index in [1.807, 2.05) is 0 Å². The second-order valence-corrected chi connectivity index (χ2v) is 5.97. The molecule has 0 amide bonds. The number of sulfonamides is 1. The maximum Gasteiger partial charge on any atom is 0.309 e. The van der Waals surface area contributed by atoms with E-state index >= 15 is 0 Å². The molecular weight excluding hydrogens is 270 g/mol. The molecule has 2 rings (SSSR count). The number of methoxy groups -OCH3 is 1. The lowest BCUT2D eigenvalue weighted by Gasteiger charge is -2.26. The fraction of sp³-hybridized carbons (Fsp3) is 0.417. The number of rotatable bonds is 5. The molecule has 1 aliphatic heterocycles. The van der Waals surface area contributed by atoms with Crippen molar-refractivity contribution < 1.29 is 22.7 Å². The number of carbonyl (C=O) groups excluding carboxylic acids is 1. The van der Waals surface area contributed by atoms with E-state index in [9.17, 15) is 13.2 Å². The van der Waals surface area contributed by atoms with Gasteiger partial charge in [-0.3, -0.25) is 4.79 Å². The van der Waals surface area contributed by atoms with Crippen LogP contribution in [0.15, 0.2) is 29.2 Å². The van der Waals surface area contributed by atoms with Crippen molar-refractivity contribution in [1.82, 2.24) is 4.72 Å². The molecule has 0 aromatic heterocycles. The Morgan fingerprint density at radius 2 is 2.00 bits per heavy atom. The molecule has 7 heteroatoms. The maximum absolute atomic E-state index is 12.0. The van der Waals surface area contributed by atoms with Crippen LogP contribution in [0.1, 0.15) is 5.56 Å². The second-order valence-electron chi connectivity index (χ2n) is 4.25. The number of esters is 1. The first-order valence-corrected chi connectivity index (χ1v) is 7.25. The standard InChI is InChI=1S/C12H15NO5S/c1-17-12(14)6-9-2-4-11(5-3-9)19(15,16)13-10-7-18-8-10/h2-5,10,13H,6-8H2,1H3. The van der Waals surface area contributed by atoms with Gasteiger partial charge in [0.15, 0.2) is 0 Å². The summed E-state index contributed by atoms with van der Waals surface area (Å²) in [6.07, 6.45) is 0.126. The Hall–Kier alpha value is -1.44. The minimum atomic E-state index is -3.52. The molecule has 1 aromatic rings. The van der Waals surface area contributed by atoms with E-state index in [1.54, 1.807) is 12.1 Å². The van der Waals surface area contributed by atoms with Gasteiger partial charge >= 0.3 is 5.97 Å². The zero-order valence-corrected chi connectivity index (χ0v) is 11.3. The summed E-state index contributed by atoms with van der Waals surface area (Å²) in [5.41, 5.74) is 0.706. The van der Waals surface area contributed by atoms with E-state index in [0.29, 0.717) is 18.8 Å². The first-order chi connectivity index (χ1) is 9.01. The van der Waals surface area contributed by atoms with Gasteiger partial charge in [-0.05, 0) is 17.7 Å². The third-order valence-electron chi connectivity index (χ3n) is 2.77. The largest absolute Gasteiger partial charge is 0.469 e. The van der Waals surface area contributed by atoms with Crippen molar-refractivity contribution in [2.45, 2.75) is 17.4 Å². The highest BCUT2D eigenvalue weighted by Crippen LogP contribution is 2.13. The topological polar surface area (TPSA) is 81.7 Å². The first-order valence-electron chi connectivity index (χ1n) is 5.77. The second kappa shape index (κ2) is 5.68. The van der Waals surface area contributed by atoms with E-state index in [4.69, 9.17) is 4.74 Å². The van der Waals surface area contributed by atoms with Crippen molar-refractivity contribution in [3.05, 3.63) is 29.8 Å². The smallest absolute Gasteiger partial charge is 0.309 e. The molecule has 1 N–H and O–H groups in total. The van der Waals surface area contributed by atoms with Crippen LogP contribution in [0, 0.1) is 0 Å². The molecule has 0 saturated carbocycles. The minimum Gasteiger partial charge on any atom is -0.469 e. The van der Waals surface area contributed by atoms with E-state index in [1.165, 1.54) is 19.2 Å². The zero-order valence-electron chi connectivity index (χ0n) is 10.5. The molecule has 104 valence electrons. The molecule has 0 radical (unpaired) electrons. The van der Waals surface area contributed by atoms with Crippen molar-refractivity contribution in [3.63, 3.8) is 0 Å². The Morgan fingerprint density at radius 3 is 2.47 bits per heavy atom. The normalized spacial score (nSPS) is 15.8. The summed E-state index contributed by atoms with van der Waals surface area (Å²) in [7, 11) is -2.21. The van der Waals surface area contributed by atoms with Gasteiger partial charge in [0.2, 0.25) is 10.0 Å². The lowest BCUT2D eigenvalue weighted by atomic mass is 10.2. The summed E-state index contributed by atoms with van der Waals surface area (Å²) < 4.78 is 35.9. The zero-order chi connectivity index (χ0) is 13.9. The van der Waals surface area contributed by atoms with Crippen LogP contribution in [0.5, 0.6) is 0 Å². The fourth-order valence-corrected chi connectivity index (χ4v) is 2.82. The number of hydrogen-bond acceptors (Lipinski definition) is 5. The van der Waals surface area contributed by atoms with Gasteiger partial charge in [0.25, 0.3) is 0 Å². The highest BCUT2D eigenvalue weighted by Gasteiger charge is 2.25. The van der Waals surface area contributed by atoms with E-state index in [0.717, 1.165) is 0 Å². The SMILES string of the molecule is COC(=O)Cc1ccc(S(=O)(=O)NC2COC2)cc1. The van der Waals surface area contributed by atoms with Crippen molar-refractivity contribution in [2.75, 3.05) is 20.3 Å². The van der Waals surface area contributed by atoms with E-state index in [2.05, 4.69) is 9.46 Å². The van der Waals surface area contributed by atoms with Gasteiger partial charge < -0.3 is 9.47 Å². The van der Waals surface area contributed by atoms with Crippen LogP contribution < -0.4 is 4.72 Å². The van der Waals surface area contributed by atoms with Crippen molar-refractivity contribution in [3.8, 4) is 0 Å². The summed E-state index contributed by atoms with van der Waals surface area (Å²) in [4.78, 5) is 11.3. The Kier molecular flexibility index (Phi) is 4.18. The van der Waals surface area contributed by atoms with E-state index in [-0.39, 0.29) is 23.3 Å². The molecule has 1 fully saturated rings. The molecule has 0 spiro atoms. The highest BCUT2D eigenvalue weighted by molar-refractivity contribution is 7.89. The molecule has 1 aliphatic rings. The van der Waals surface area contributed by atoms with Crippen LogP contribution in [0.3, 0.4) is 0 Å². The lowest BCUT2D eigenvalue weighted by molar-refractivity contribution is -0.139. The highest BCUT2D eigenvalue weighted by atomic mass is 32.2. The van der Waals surface area contributed by atoms with Crippen LogP contribution in [-0.4, -0.2) is 40.8 Å². The molecule has 0 aliphatic carbocycles. The fourth-order valence-electron chi connectivity index (χ4n) is 1.62. The Bertz CT molecular complexity index is 548. The maximum atomic E-state index is 12.0. The van der Waals surface area contributed by atoms with Gasteiger partial charge in [0, 0.05) is 0 Å². The quantitative estimate of drug-likeness (QED) is 0.775. The number of carbonyl (C=O) groups is 1. The van der Waals surface area contributed by atoms with Crippen molar-refractivity contribution >= 4 is 16.0 Å². The summed E-state index contributed by atoms with van der Waals surface area (Å²) in [5.74, 6) is -0.361. The third kappa shape index (κ3) is 3.52. The van der Waals surface area contributed by atoms with Gasteiger partial charge in [-0.2, -0.15) is 0 Å². The van der Waals surface area contributed by atoms with E-state index < -0.39 is 10.0 Å². The Labute approximate surface area is 111 Å². The number of hydrogen-bond donors (Lipinski definition) is 1. The predicted molar refractivity (Wildman–Crippen MR) is 67.1 cm³/mol. The summed E-state index contributed by atoms with van der Waals surface area (Å²) >= 11 is 0. The third-order valence-corrected chi connectivity index (χ3v) is 4.31. The predicted octanol–water partition coefficient (Wildman–Crippen LogP) is 0.0792. The number of benzene rings is 1. The molecule has 1 saturated heterocycles. The molecule has 1 heterocycles. The van der Waals surface area contributed by atoms with Crippen LogP contribution in [-0.2, 0) is 30.7 Å². The Balaban J connectivity index is 2.06. The average molecular weight is 285 g/mol. The summed E-state index contributed by atoms with van der Waals surface area (Å²) in [6, 6.07) is 5.99. The molecule has 19 heavy (non-hydrogen) atoms. The lowest BCUT2D eigenvalue weighted by Crippen LogP contribution is -2.48. The minimum absolute atomic E-state index is 0.126. The van der Waals surface area contributed by atoms with Crippen LogP contribution >= 0.6 is 0 Å². The Morgan fingerprint density at radius 1 is 1.37 bits per heavy atom. The molecule has 0 bridgehead atoms. The summed E-state index contributed by atoms with van der Waals surface area (Å²) in [5, 5.41) is 0. The molecule has 0 unspecified atom stereocenters. The molecular formula is C12H15NO5S. The van der Waals surface area contributed by atoms with Gasteiger partial charge in [0.05, 0.1) is 37.7 Å². The van der Waals surface area contributed by atoms with Gasteiger partial charge in [0.1, 0.15) is 0 Å². The number of ether oxygens (including phenoxy) is 2. The van der Waals surface area contributed by atoms with Gasteiger partial charge in [-0.25, -0.2) is 13.1 Å². The van der Waals surface area contributed by atoms with Crippen LogP contribution in [0.4, 0.5) is 0 Å². The average Bonchev–Trinajstić information content (AvgIpc) is 2.34. The van der Waals surface area contributed by atoms with Crippen molar-refractivity contribution in [2.24, 2.45) is 0 Å². The molecule has 1 aromatic carbocycles. The van der Waals surface area contributed by atoms with Crippen LogP contribution in [0.2, 0.25) is 0 Å². The first kappa shape index (κ1) is 14.0. The van der Waals surface area contributed by atoms with Crippen molar-refractivity contribution in [1.29, 1.82) is 0 Å². The molecule has 0 atom stereocenters. The molecule has 6 nitrogen and oxygen atoms in total. The van der Waals surface area contributed by atoms with Gasteiger partial charge in [-0.1, -0.05) is 12.1 Å². The van der Waals surface area contributed by atoms with Crippen LogP contribution in [0.25, 0.3) is 0 Å². The summed E-state index contributed by atoms with van der Waals surface area (Å²) in [6.45, 7) is 0.805. The number of nitrogens with one attached hydrogen (secondary N) is 1.